The molecular weight excluding hydrogens is 200 g/mol. The van der Waals surface area contributed by atoms with Crippen molar-refractivity contribution < 1.29 is 0 Å². The second-order valence-electron chi connectivity index (χ2n) is 3.91. The predicted molar refractivity (Wildman–Crippen MR) is 67.3 cm³/mol. The molecule has 0 aliphatic heterocycles. The van der Waals surface area contributed by atoms with Gasteiger partial charge in [-0.25, -0.2) is 9.97 Å². The molecule has 0 aliphatic carbocycles. The summed E-state index contributed by atoms with van der Waals surface area (Å²) >= 11 is 0. The third kappa shape index (κ3) is 6.35. The van der Waals surface area contributed by atoms with Crippen molar-refractivity contribution in [1.29, 1.82) is 0 Å². The van der Waals surface area contributed by atoms with Crippen molar-refractivity contribution >= 4 is 5.95 Å². The molecule has 0 unspecified atom stereocenters. The van der Waals surface area contributed by atoms with Gasteiger partial charge in [0.05, 0.1) is 0 Å². The van der Waals surface area contributed by atoms with Gasteiger partial charge in [0.1, 0.15) is 0 Å². The van der Waals surface area contributed by atoms with Crippen molar-refractivity contribution in [3.63, 3.8) is 0 Å². The first-order chi connectivity index (χ1) is 7.93. The maximum Gasteiger partial charge on any atom is 0.222 e. The van der Waals surface area contributed by atoms with Crippen LogP contribution in [-0.2, 0) is 0 Å². The fraction of sp³-hybridized carbons (Fsp3) is 0.667. The van der Waals surface area contributed by atoms with Crippen LogP contribution in [0.2, 0.25) is 0 Å². The van der Waals surface area contributed by atoms with Crippen LogP contribution in [0.25, 0.3) is 0 Å². The summed E-state index contributed by atoms with van der Waals surface area (Å²) in [4.78, 5) is 8.20. The van der Waals surface area contributed by atoms with Gasteiger partial charge in [-0.05, 0) is 25.5 Å². The van der Waals surface area contributed by atoms with Gasteiger partial charge >= 0.3 is 0 Å². The number of hydrogen-bond donors (Lipinski definition) is 2. The van der Waals surface area contributed by atoms with Crippen molar-refractivity contribution in [2.45, 2.75) is 38.5 Å². The molecule has 1 aromatic rings. The van der Waals surface area contributed by atoms with Crippen molar-refractivity contribution in [3.8, 4) is 0 Å². The quantitative estimate of drug-likeness (QED) is 0.629. The van der Waals surface area contributed by atoms with E-state index in [1.54, 1.807) is 12.4 Å². The Kier molecular flexibility index (Phi) is 7.34. The Morgan fingerprint density at radius 1 is 0.938 bits per heavy atom. The highest BCUT2D eigenvalue weighted by atomic mass is 15.1. The van der Waals surface area contributed by atoms with E-state index in [0.717, 1.165) is 25.5 Å². The summed E-state index contributed by atoms with van der Waals surface area (Å²) in [5.74, 6) is 0.727. The van der Waals surface area contributed by atoms with Crippen LogP contribution in [-0.4, -0.2) is 23.1 Å². The van der Waals surface area contributed by atoms with Gasteiger partial charge in [-0.2, -0.15) is 0 Å². The van der Waals surface area contributed by atoms with Gasteiger partial charge in [0, 0.05) is 18.9 Å². The Bertz CT molecular complexity index is 250. The summed E-state index contributed by atoms with van der Waals surface area (Å²) in [5.41, 5.74) is 5.43. The van der Waals surface area contributed by atoms with Crippen LogP contribution in [0.1, 0.15) is 38.5 Å². The number of nitrogens with one attached hydrogen (secondary N) is 1. The lowest BCUT2D eigenvalue weighted by molar-refractivity contribution is 0.605. The van der Waals surface area contributed by atoms with Crippen molar-refractivity contribution in [3.05, 3.63) is 18.5 Å². The summed E-state index contributed by atoms with van der Waals surface area (Å²) in [6.45, 7) is 1.79. The summed E-state index contributed by atoms with van der Waals surface area (Å²) in [5, 5.41) is 3.20. The van der Waals surface area contributed by atoms with Gasteiger partial charge in [0.2, 0.25) is 5.95 Å². The van der Waals surface area contributed by atoms with E-state index in [2.05, 4.69) is 15.3 Å². The fourth-order valence-electron chi connectivity index (χ4n) is 1.57. The summed E-state index contributed by atoms with van der Waals surface area (Å²) in [6, 6.07) is 1.82. The molecule has 0 amide bonds. The molecule has 0 bridgehead atoms. The molecule has 0 aromatic carbocycles. The van der Waals surface area contributed by atoms with Crippen LogP contribution < -0.4 is 11.1 Å². The lowest BCUT2D eigenvalue weighted by atomic mass is 10.1. The van der Waals surface area contributed by atoms with Crippen molar-refractivity contribution in [1.82, 2.24) is 9.97 Å². The van der Waals surface area contributed by atoms with Crippen LogP contribution in [0, 0.1) is 0 Å². The second-order valence-corrected chi connectivity index (χ2v) is 3.91. The molecule has 16 heavy (non-hydrogen) atoms. The average Bonchev–Trinajstić information content (AvgIpc) is 2.34. The number of aromatic nitrogens is 2. The Morgan fingerprint density at radius 2 is 1.56 bits per heavy atom. The highest BCUT2D eigenvalue weighted by Gasteiger charge is 1.93. The van der Waals surface area contributed by atoms with E-state index in [-0.39, 0.29) is 0 Å². The van der Waals surface area contributed by atoms with E-state index in [0.29, 0.717) is 0 Å². The topological polar surface area (TPSA) is 63.8 Å². The summed E-state index contributed by atoms with van der Waals surface area (Å²) in [7, 11) is 0. The fourth-order valence-corrected chi connectivity index (χ4v) is 1.57. The molecule has 3 N–H and O–H groups in total. The van der Waals surface area contributed by atoms with Crippen molar-refractivity contribution in [2.75, 3.05) is 18.4 Å². The van der Waals surface area contributed by atoms with Crippen LogP contribution >= 0.6 is 0 Å². The van der Waals surface area contributed by atoms with E-state index >= 15 is 0 Å². The molecule has 1 aromatic heterocycles. The Labute approximate surface area is 97.7 Å². The van der Waals surface area contributed by atoms with Gasteiger partial charge < -0.3 is 11.1 Å². The third-order valence-electron chi connectivity index (χ3n) is 2.48. The first-order valence-corrected chi connectivity index (χ1v) is 6.14. The minimum atomic E-state index is 0.727. The minimum absolute atomic E-state index is 0.727. The number of hydrogen-bond acceptors (Lipinski definition) is 4. The predicted octanol–water partition coefficient (Wildman–Crippen LogP) is 2.19. The molecule has 0 aliphatic rings. The number of nitrogens with two attached hydrogens (primary N) is 1. The lowest BCUT2D eigenvalue weighted by Gasteiger charge is -2.03. The number of unbranched alkanes of at least 4 members (excludes halogenated alkanes) is 5. The number of nitrogens with zero attached hydrogens (tertiary/aromatic N) is 2. The van der Waals surface area contributed by atoms with E-state index in [4.69, 9.17) is 5.73 Å². The van der Waals surface area contributed by atoms with Crippen LogP contribution in [0.3, 0.4) is 0 Å². The van der Waals surface area contributed by atoms with Crippen LogP contribution in [0.15, 0.2) is 18.5 Å². The molecule has 0 fully saturated rings. The molecule has 4 nitrogen and oxygen atoms in total. The Balaban J connectivity index is 1.89. The number of rotatable bonds is 9. The molecule has 0 radical (unpaired) electrons. The molecule has 0 saturated carbocycles. The van der Waals surface area contributed by atoms with E-state index in [9.17, 15) is 0 Å². The molecule has 0 spiro atoms. The average molecular weight is 222 g/mol. The van der Waals surface area contributed by atoms with Gasteiger partial charge in [-0.1, -0.05) is 25.7 Å². The summed E-state index contributed by atoms with van der Waals surface area (Å²) in [6.07, 6.45) is 11.0. The molecule has 4 heteroatoms. The smallest absolute Gasteiger partial charge is 0.222 e. The molecule has 0 atom stereocenters. The lowest BCUT2D eigenvalue weighted by Crippen LogP contribution is -2.04. The first-order valence-electron chi connectivity index (χ1n) is 6.14. The molecule has 1 rings (SSSR count). The normalized spacial score (nSPS) is 10.3. The van der Waals surface area contributed by atoms with E-state index in [1.807, 2.05) is 6.07 Å². The monoisotopic (exact) mass is 222 g/mol. The Morgan fingerprint density at radius 3 is 2.25 bits per heavy atom. The largest absolute Gasteiger partial charge is 0.354 e. The van der Waals surface area contributed by atoms with Crippen molar-refractivity contribution in [2.24, 2.45) is 5.73 Å². The van der Waals surface area contributed by atoms with Crippen LogP contribution in [0.4, 0.5) is 5.95 Å². The van der Waals surface area contributed by atoms with E-state index in [1.165, 1.54) is 32.1 Å². The third-order valence-corrected chi connectivity index (χ3v) is 2.48. The zero-order valence-electron chi connectivity index (χ0n) is 9.86. The summed E-state index contributed by atoms with van der Waals surface area (Å²) < 4.78 is 0. The second kappa shape index (κ2) is 9.09. The maximum absolute atomic E-state index is 5.43. The zero-order valence-corrected chi connectivity index (χ0v) is 9.86. The molecule has 1 heterocycles. The first kappa shape index (κ1) is 12.9. The van der Waals surface area contributed by atoms with Gasteiger partial charge in [0.25, 0.3) is 0 Å². The molecule has 0 saturated heterocycles. The standard InChI is InChI=1S/C12H22N4/c13-8-5-3-1-2-4-6-9-14-12-15-10-7-11-16-12/h7,10-11H,1-6,8-9,13H2,(H,14,15,16). The van der Waals surface area contributed by atoms with Gasteiger partial charge in [-0.15, -0.1) is 0 Å². The molecule has 90 valence electrons. The molecular formula is C12H22N4. The SMILES string of the molecule is NCCCCCCCCNc1ncccn1. The highest BCUT2D eigenvalue weighted by molar-refractivity contribution is 5.21. The Hall–Kier alpha value is -1.16. The van der Waals surface area contributed by atoms with Gasteiger partial charge in [-0.3, -0.25) is 0 Å². The highest BCUT2D eigenvalue weighted by Crippen LogP contribution is 2.05. The van der Waals surface area contributed by atoms with Crippen LogP contribution in [0.5, 0.6) is 0 Å². The van der Waals surface area contributed by atoms with E-state index < -0.39 is 0 Å². The minimum Gasteiger partial charge on any atom is -0.354 e. The zero-order chi connectivity index (χ0) is 11.5. The van der Waals surface area contributed by atoms with Gasteiger partial charge in [0.15, 0.2) is 0 Å². The maximum atomic E-state index is 5.43. The number of anilines is 1.